The SMILES string of the molecule is CCNCC(Cc1ccccc1F)c1cccc(Br)c1. The highest BCUT2D eigenvalue weighted by Crippen LogP contribution is 2.24. The fourth-order valence-corrected chi connectivity index (χ4v) is 2.73. The minimum Gasteiger partial charge on any atom is -0.316 e. The van der Waals surface area contributed by atoms with Crippen LogP contribution in [-0.4, -0.2) is 13.1 Å². The summed E-state index contributed by atoms with van der Waals surface area (Å²) in [6, 6.07) is 15.3. The van der Waals surface area contributed by atoms with Crippen LogP contribution in [0, 0.1) is 5.82 Å². The average Bonchev–Trinajstić information content (AvgIpc) is 2.45. The molecule has 106 valence electrons. The Morgan fingerprint density at radius 2 is 1.95 bits per heavy atom. The highest BCUT2D eigenvalue weighted by molar-refractivity contribution is 9.10. The molecule has 0 spiro atoms. The molecule has 0 heterocycles. The van der Waals surface area contributed by atoms with E-state index in [-0.39, 0.29) is 11.7 Å². The molecule has 0 saturated carbocycles. The monoisotopic (exact) mass is 335 g/mol. The van der Waals surface area contributed by atoms with E-state index in [9.17, 15) is 4.39 Å². The van der Waals surface area contributed by atoms with Gasteiger partial charge in [0.2, 0.25) is 0 Å². The minimum atomic E-state index is -0.121. The summed E-state index contributed by atoms with van der Waals surface area (Å²) in [5.74, 6) is 0.147. The van der Waals surface area contributed by atoms with Crippen molar-refractivity contribution in [2.45, 2.75) is 19.3 Å². The Morgan fingerprint density at radius 3 is 2.65 bits per heavy atom. The van der Waals surface area contributed by atoms with Crippen LogP contribution in [0.15, 0.2) is 53.0 Å². The molecule has 0 aliphatic carbocycles. The van der Waals surface area contributed by atoms with Gasteiger partial charge >= 0.3 is 0 Å². The van der Waals surface area contributed by atoms with Gasteiger partial charge in [-0.1, -0.05) is 53.2 Å². The lowest BCUT2D eigenvalue weighted by Gasteiger charge is -2.18. The largest absolute Gasteiger partial charge is 0.316 e. The molecular formula is C17H19BrFN. The number of halogens is 2. The van der Waals surface area contributed by atoms with Crippen molar-refractivity contribution in [3.05, 3.63) is 69.9 Å². The van der Waals surface area contributed by atoms with Crippen LogP contribution in [0.3, 0.4) is 0 Å². The van der Waals surface area contributed by atoms with Crippen LogP contribution in [0.25, 0.3) is 0 Å². The average molecular weight is 336 g/mol. The lowest BCUT2D eigenvalue weighted by atomic mass is 9.91. The van der Waals surface area contributed by atoms with Crippen molar-refractivity contribution in [2.24, 2.45) is 0 Å². The maximum atomic E-state index is 13.8. The quantitative estimate of drug-likeness (QED) is 0.818. The first kappa shape index (κ1) is 15.2. The molecular weight excluding hydrogens is 317 g/mol. The number of benzene rings is 2. The molecule has 0 radical (unpaired) electrons. The fourth-order valence-electron chi connectivity index (χ4n) is 2.32. The zero-order chi connectivity index (χ0) is 14.4. The van der Waals surface area contributed by atoms with Crippen LogP contribution < -0.4 is 5.32 Å². The molecule has 0 amide bonds. The van der Waals surface area contributed by atoms with E-state index >= 15 is 0 Å². The van der Waals surface area contributed by atoms with Gasteiger partial charge in [0.05, 0.1) is 0 Å². The van der Waals surface area contributed by atoms with Gasteiger partial charge in [-0.05, 0) is 42.3 Å². The molecule has 0 bridgehead atoms. The van der Waals surface area contributed by atoms with Gasteiger partial charge in [0.15, 0.2) is 0 Å². The summed E-state index contributed by atoms with van der Waals surface area (Å²) in [5, 5.41) is 3.37. The first-order chi connectivity index (χ1) is 9.70. The topological polar surface area (TPSA) is 12.0 Å². The van der Waals surface area contributed by atoms with Crippen LogP contribution >= 0.6 is 15.9 Å². The zero-order valence-electron chi connectivity index (χ0n) is 11.6. The predicted molar refractivity (Wildman–Crippen MR) is 85.5 cm³/mol. The van der Waals surface area contributed by atoms with Gasteiger partial charge in [0.25, 0.3) is 0 Å². The van der Waals surface area contributed by atoms with E-state index in [2.05, 4.69) is 40.3 Å². The minimum absolute atomic E-state index is 0.121. The summed E-state index contributed by atoms with van der Waals surface area (Å²) in [7, 11) is 0. The third-order valence-corrected chi connectivity index (χ3v) is 3.88. The summed E-state index contributed by atoms with van der Waals surface area (Å²) < 4.78 is 14.9. The normalized spacial score (nSPS) is 12.3. The molecule has 1 unspecified atom stereocenters. The first-order valence-electron chi connectivity index (χ1n) is 6.90. The molecule has 0 aliphatic rings. The van der Waals surface area contributed by atoms with Gasteiger partial charge in [-0.3, -0.25) is 0 Å². The van der Waals surface area contributed by atoms with Crippen LogP contribution in [0.4, 0.5) is 4.39 Å². The Morgan fingerprint density at radius 1 is 1.15 bits per heavy atom. The molecule has 2 aromatic rings. The summed E-state index contributed by atoms with van der Waals surface area (Å²) >= 11 is 3.50. The summed E-state index contributed by atoms with van der Waals surface area (Å²) in [5.41, 5.74) is 2.00. The van der Waals surface area contributed by atoms with Crippen LogP contribution in [0.1, 0.15) is 24.0 Å². The van der Waals surface area contributed by atoms with Crippen molar-refractivity contribution in [1.29, 1.82) is 0 Å². The second-order valence-electron chi connectivity index (χ2n) is 4.86. The second-order valence-corrected chi connectivity index (χ2v) is 5.77. The van der Waals surface area contributed by atoms with E-state index in [1.54, 1.807) is 6.07 Å². The molecule has 2 rings (SSSR count). The molecule has 20 heavy (non-hydrogen) atoms. The molecule has 0 aliphatic heterocycles. The maximum Gasteiger partial charge on any atom is 0.126 e. The summed E-state index contributed by atoms with van der Waals surface area (Å²) in [6.45, 7) is 3.85. The van der Waals surface area contributed by atoms with Gasteiger partial charge in [-0.15, -0.1) is 0 Å². The number of rotatable bonds is 6. The maximum absolute atomic E-state index is 13.8. The highest BCUT2D eigenvalue weighted by atomic mass is 79.9. The molecule has 1 nitrogen and oxygen atoms in total. The van der Waals surface area contributed by atoms with Crippen molar-refractivity contribution >= 4 is 15.9 Å². The van der Waals surface area contributed by atoms with Gasteiger partial charge in [-0.25, -0.2) is 4.39 Å². The van der Waals surface area contributed by atoms with Crippen molar-refractivity contribution in [1.82, 2.24) is 5.32 Å². The van der Waals surface area contributed by atoms with Crippen LogP contribution in [-0.2, 0) is 6.42 Å². The van der Waals surface area contributed by atoms with Gasteiger partial charge in [0.1, 0.15) is 5.82 Å². The Bertz CT molecular complexity index is 556. The third kappa shape index (κ3) is 4.15. The molecule has 3 heteroatoms. The third-order valence-electron chi connectivity index (χ3n) is 3.38. The number of likely N-dealkylation sites (N-methyl/N-ethyl adjacent to an activating group) is 1. The van der Waals surface area contributed by atoms with E-state index in [1.807, 2.05) is 24.3 Å². The predicted octanol–water partition coefficient (Wildman–Crippen LogP) is 4.52. The first-order valence-corrected chi connectivity index (χ1v) is 7.69. The summed E-state index contributed by atoms with van der Waals surface area (Å²) in [4.78, 5) is 0. The Labute approximate surface area is 128 Å². The van der Waals surface area contributed by atoms with Crippen molar-refractivity contribution < 1.29 is 4.39 Å². The lowest BCUT2D eigenvalue weighted by molar-refractivity contribution is 0.562. The highest BCUT2D eigenvalue weighted by Gasteiger charge is 2.14. The molecule has 0 fully saturated rings. The lowest BCUT2D eigenvalue weighted by Crippen LogP contribution is -2.23. The molecule has 2 aromatic carbocycles. The number of nitrogens with one attached hydrogen (secondary N) is 1. The van der Waals surface area contributed by atoms with Crippen molar-refractivity contribution in [3.63, 3.8) is 0 Å². The van der Waals surface area contributed by atoms with Gasteiger partial charge in [0, 0.05) is 16.9 Å². The zero-order valence-corrected chi connectivity index (χ0v) is 13.2. The Balaban J connectivity index is 2.21. The Kier molecular flexibility index (Phi) is 5.74. The van der Waals surface area contributed by atoms with Crippen molar-refractivity contribution in [2.75, 3.05) is 13.1 Å². The van der Waals surface area contributed by atoms with E-state index in [0.29, 0.717) is 6.42 Å². The molecule has 0 saturated heterocycles. The number of hydrogen-bond acceptors (Lipinski definition) is 1. The van der Waals surface area contributed by atoms with E-state index in [0.717, 1.165) is 23.1 Å². The molecule has 0 aromatic heterocycles. The number of hydrogen-bond donors (Lipinski definition) is 1. The summed E-state index contributed by atoms with van der Waals surface area (Å²) in [6.07, 6.45) is 0.704. The molecule has 1 N–H and O–H groups in total. The van der Waals surface area contributed by atoms with Crippen LogP contribution in [0.5, 0.6) is 0 Å². The van der Waals surface area contributed by atoms with Gasteiger partial charge < -0.3 is 5.32 Å². The smallest absolute Gasteiger partial charge is 0.126 e. The fraction of sp³-hybridized carbons (Fsp3) is 0.294. The van der Waals surface area contributed by atoms with Gasteiger partial charge in [-0.2, -0.15) is 0 Å². The molecule has 1 atom stereocenters. The second kappa shape index (κ2) is 7.55. The van der Waals surface area contributed by atoms with E-state index in [1.165, 1.54) is 11.6 Å². The van der Waals surface area contributed by atoms with Crippen LogP contribution in [0.2, 0.25) is 0 Å². The van der Waals surface area contributed by atoms with Crippen molar-refractivity contribution in [3.8, 4) is 0 Å². The van der Waals surface area contributed by atoms with E-state index in [4.69, 9.17) is 0 Å². The Hall–Kier alpha value is -1.19. The standard InChI is InChI=1S/C17H19BrFN/c1-2-20-12-15(13-7-5-8-16(18)11-13)10-14-6-3-4-9-17(14)19/h3-9,11,15,20H,2,10,12H2,1H3. The van der Waals surface area contributed by atoms with E-state index < -0.39 is 0 Å².